The van der Waals surface area contributed by atoms with Crippen molar-refractivity contribution in [1.29, 1.82) is 0 Å². The minimum Gasteiger partial charge on any atom is -0.465 e. The summed E-state index contributed by atoms with van der Waals surface area (Å²) in [6, 6.07) is 0. The number of hydrogen-bond acceptors (Lipinski definition) is 4. The van der Waals surface area contributed by atoms with Crippen LogP contribution in [0.3, 0.4) is 0 Å². The summed E-state index contributed by atoms with van der Waals surface area (Å²) in [7, 11) is 1.31. The SMILES string of the molecule is COC(=O)c1c(C)[nH]c(C(=O)CS)c1C. The van der Waals surface area contributed by atoms with Gasteiger partial charge in [0.2, 0.25) is 0 Å². The van der Waals surface area contributed by atoms with E-state index in [1.165, 1.54) is 7.11 Å². The lowest BCUT2D eigenvalue weighted by atomic mass is 10.1. The fourth-order valence-corrected chi connectivity index (χ4v) is 1.67. The molecule has 1 N–H and O–H groups in total. The molecule has 0 radical (unpaired) electrons. The van der Waals surface area contributed by atoms with E-state index in [2.05, 4.69) is 22.3 Å². The molecule has 0 aliphatic heterocycles. The zero-order valence-electron chi connectivity index (χ0n) is 8.88. The molecule has 0 fully saturated rings. The van der Waals surface area contributed by atoms with Gasteiger partial charge < -0.3 is 9.72 Å². The van der Waals surface area contributed by atoms with E-state index in [-0.39, 0.29) is 11.5 Å². The fraction of sp³-hybridized carbons (Fsp3) is 0.400. The van der Waals surface area contributed by atoms with Crippen molar-refractivity contribution in [2.24, 2.45) is 0 Å². The fourth-order valence-electron chi connectivity index (χ4n) is 1.52. The van der Waals surface area contributed by atoms with Gasteiger partial charge >= 0.3 is 5.97 Å². The second-order valence-corrected chi connectivity index (χ2v) is 3.51. The van der Waals surface area contributed by atoms with Gasteiger partial charge in [-0.2, -0.15) is 12.6 Å². The van der Waals surface area contributed by atoms with Crippen LogP contribution >= 0.6 is 12.6 Å². The number of carbonyl (C=O) groups is 2. The first-order valence-electron chi connectivity index (χ1n) is 4.44. The largest absolute Gasteiger partial charge is 0.465 e. The van der Waals surface area contributed by atoms with Gasteiger partial charge in [0.25, 0.3) is 0 Å². The third-order valence-electron chi connectivity index (χ3n) is 2.25. The summed E-state index contributed by atoms with van der Waals surface area (Å²) in [5.41, 5.74) is 2.13. The van der Waals surface area contributed by atoms with Crippen LogP contribution in [0.15, 0.2) is 0 Å². The number of ketones is 1. The molecule has 4 nitrogen and oxygen atoms in total. The molecule has 0 amide bonds. The molecule has 0 saturated heterocycles. The molecule has 1 heterocycles. The second-order valence-electron chi connectivity index (χ2n) is 3.20. The number of methoxy groups -OCH3 is 1. The van der Waals surface area contributed by atoms with Crippen LogP contribution in [0, 0.1) is 13.8 Å². The Bertz CT molecular complexity index is 409. The molecule has 0 bridgehead atoms. The van der Waals surface area contributed by atoms with Crippen molar-refractivity contribution in [3.8, 4) is 0 Å². The maximum atomic E-state index is 11.5. The van der Waals surface area contributed by atoms with Gasteiger partial charge in [0.1, 0.15) is 0 Å². The lowest BCUT2D eigenvalue weighted by molar-refractivity contribution is 0.0599. The van der Waals surface area contributed by atoms with Crippen LogP contribution in [0.4, 0.5) is 0 Å². The van der Waals surface area contributed by atoms with Crippen molar-refractivity contribution >= 4 is 24.4 Å². The van der Waals surface area contributed by atoms with E-state index in [4.69, 9.17) is 0 Å². The molecular weight excluding hydrogens is 214 g/mol. The lowest BCUT2D eigenvalue weighted by Gasteiger charge is -1.99. The molecule has 82 valence electrons. The second kappa shape index (κ2) is 4.53. The number of nitrogens with one attached hydrogen (secondary N) is 1. The molecule has 1 aromatic heterocycles. The average molecular weight is 227 g/mol. The number of esters is 1. The first kappa shape index (κ1) is 11.8. The molecule has 15 heavy (non-hydrogen) atoms. The zero-order chi connectivity index (χ0) is 11.6. The Morgan fingerprint density at radius 3 is 2.47 bits per heavy atom. The summed E-state index contributed by atoms with van der Waals surface area (Å²) < 4.78 is 4.64. The molecule has 5 heteroatoms. The monoisotopic (exact) mass is 227 g/mol. The number of hydrogen-bond donors (Lipinski definition) is 2. The van der Waals surface area contributed by atoms with Crippen molar-refractivity contribution in [2.45, 2.75) is 13.8 Å². The van der Waals surface area contributed by atoms with Crippen LogP contribution < -0.4 is 0 Å². The third kappa shape index (κ3) is 2.07. The van der Waals surface area contributed by atoms with Crippen molar-refractivity contribution in [3.05, 3.63) is 22.5 Å². The number of H-pyrrole nitrogens is 1. The van der Waals surface area contributed by atoms with Crippen LogP contribution in [-0.2, 0) is 4.74 Å². The van der Waals surface area contributed by atoms with Crippen molar-refractivity contribution in [3.63, 3.8) is 0 Å². The van der Waals surface area contributed by atoms with Crippen LogP contribution in [0.1, 0.15) is 32.1 Å². The van der Waals surface area contributed by atoms with E-state index < -0.39 is 5.97 Å². The maximum absolute atomic E-state index is 11.5. The molecule has 0 aliphatic rings. The Balaban J connectivity index is 3.26. The summed E-state index contributed by atoms with van der Waals surface area (Å²) in [5, 5.41) is 0. The van der Waals surface area contributed by atoms with Crippen molar-refractivity contribution < 1.29 is 14.3 Å². The molecule has 1 rings (SSSR count). The molecule has 0 aliphatic carbocycles. The summed E-state index contributed by atoms with van der Waals surface area (Å²) in [4.78, 5) is 25.7. The zero-order valence-corrected chi connectivity index (χ0v) is 9.77. The summed E-state index contributed by atoms with van der Waals surface area (Å²) >= 11 is 3.91. The number of ether oxygens (including phenoxy) is 1. The number of thiol groups is 1. The minimum atomic E-state index is -0.431. The van der Waals surface area contributed by atoms with E-state index in [1.807, 2.05) is 0 Å². The number of carbonyl (C=O) groups excluding carboxylic acids is 2. The Hall–Kier alpha value is -1.23. The highest BCUT2D eigenvalue weighted by atomic mass is 32.1. The number of aromatic nitrogens is 1. The highest BCUT2D eigenvalue weighted by Crippen LogP contribution is 2.19. The summed E-state index contributed by atoms with van der Waals surface area (Å²) in [6.07, 6.45) is 0. The van der Waals surface area contributed by atoms with Crippen molar-refractivity contribution in [2.75, 3.05) is 12.9 Å². The van der Waals surface area contributed by atoms with Crippen LogP contribution in [0.2, 0.25) is 0 Å². The molecule has 0 aromatic carbocycles. The first-order chi connectivity index (χ1) is 7.02. The van der Waals surface area contributed by atoms with Gasteiger partial charge in [-0.25, -0.2) is 4.79 Å². The van der Waals surface area contributed by atoms with Crippen LogP contribution in [0.5, 0.6) is 0 Å². The smallest absolute Gasteiger partial charge is 0.339 e. The topological polar surface area (TPSA) is 59.2 Å². The van der Waals surface area contributed by atoms with Gasteiger partial charge in [-0.15, -0.1) is 0 Å². The number of Topliss-reactive ketones (excluding diaryl/α,β-unsaturated/α-hetero) is 1. The Morgan fingerprint density at radius 1 is 1.40 bits per heavy atom. The summed E-state index contributed by atoms with van der Waals surface area (Å²) in [5.74, 6) is -0.449. The minimum absolute atomic E-state index is 0.113. The van der Waals surface area contributed by atoms with Gasteiger partial charge in [-0.3, -0.25) is 4.79 Å². The molecular formula is C10H13NO3S. The van der Waals surface area contributed by atoms with Gasteiger partial charge in [0, 0.05) is 5.69 Å². The predicted octanol–water partition coefficient (Wildman–Crippen LogP) is 1.53. The highest BCUT2D eigenvalue weighted by Gasteiger charge is 2.21. The Kier molecular flexibility index (Phi) is 3.57. The van der Waals surface area contributed by atoms with E-state index in [0.717, 1.165) is 0 Å². The normalized spacial score (nSPS) is 10.1. The molecule has 0 spiro atoms. The average Bonchev–Trinajstić information content (AvgIpc) is 2.52. The number of aromatic amines is 1. The quantitative estimate of drug-likeness (QED) is 0.467. The molecule has 0 saturated carbocycles. The van der Waals surface area contributed by atoms with Gasteiger partial charge in [-0.05, 0) is 19.4 Å². The van der Waals surface area contributed by atoms with Gasteiger partial charge in [0.05, 0.1) is 24.1 Å². The van der Waals surface area contributed by atoms with Gasteiger partial charge in [0.15, 0.2) is 5.78 Å². The molecule has 1 aromatic rings. The first-order valence-corrected chi connectivity index (χ1v) is 5.07. The molecule has 0 unspecified atom stereocenters. The Labute approximate surface area is 93.4 Å². The van der Waals surface area contributed by atoms with E-state index in [9.17, 15) is 9.59 Å². The highest BCUT2D eigenvalue weighted by molar-refractivity contribution is 7.81. The molecule has 0 atom stereocenters. The van der Waals surface area contributed by atoms with E-state index >= 15 is 0 Å². The number of rotatable bonds is 3. The van der Waals surface area contributed by atoms with Crippen molar-refractivity contribution in [1.82, 2.24) is 4.98 Å². The van der Waals surface area contributed by atoms with Gasteiger partial charge in [-0.1, -0.05) is 0 Å². The number of aryl methyl sites for hydroxylation is 1. The van der Waals surface area contributed by atoms with E-state index in [0.29, 0.717) is 22.5 Å². The Morgan fingerprint density at radius 2 is 2.00 bits per heavy atom. The lowest BCUT2D eigenvalue weighted by Crippen LogP contribution is -2.05. The van der Waals surface area contributed by atoms with Crippen LogP contribution in [-0.4, -0.2) is 29.6 Å². The standard InChI is InChI=1S/C10H13NO3S/c1-5-8(10(13)14-3)6(2)11-9(5)7(12)4-15/h11,15H,4H2,1-3H3. The predicted molar refractivity (Wildman–Crippen MR) is 59.8 cm³/mol. The third-order valence-corrected chi connectivity index (χ3v) is 2.54. The van der Waals surface area contributed by atoms with Crippen LogP contribution in [0.25, 0.3) is 0 Å². The summed E-state index contributed by atoms with van der Waals surface area (Å²) in [6.45, 7) is 3.45. The van der Waals surface area contributed by atoms with E-state index in [1.54, 1.807) is 13.8 Å². The maximum Gasteiger partial charge on any atom is 0.339 e.